The summed E-state index contributed by atoms with van der Waals surface area (Å²) in [5.74, 6) is -2.38. The van der Waals surface area contributed by atoms with E-state index in [0.29, 0.717) is 22.3 Å². The van der Waals surface area contributed by atoms with E-state index >= 15 is 0 Å². The average molecular weight is 961 g/mol. The van der Waals surface area contributed by atoms with E-state index in [1.54, 1.807) is 36.4 Å². The zero-order valence-corrected chi connectivity index (χ0v) is 36.3. The summed E-state index contributed by atoms with van der Waals surface area (Å²) < 4.78 is 173. The number of carbonyl (C=O) groups is 2. The molecule has 0 saturated heterocycles. The quantitative estimate of drug-likeness (QED) is 0.207. The summed E-state index contributed by atoms with van der Waals surface area (Å²) in [6, 6.07) is 14.5. The highest BCUT2D eigenvalue weighted by Crippen LogP contribution is 2.40. The van der Waals surface area contributed by atoms with E-state index in [9.17, 15) is 52.8 Å². The summed E-state index contributed by atoms with van der Waals surface area (Å²) in [6.07, 6.45) is -0.603. The summed E-state index contributed by atoms with van der Waals surface area (Å²) in [6.45, 7) is 0.647. The zero-order chi connectivity index (χ0) is 47.2. The molecular weight excluding hydrogens is 919 g/mol. The van der Waals surface area contributed by atoms with Crippen molar-refractivity contribution < 1.29 is 85.9 Å². The van der Waals surface area contributed by atoms with E-state index in [1.807, 2.05) is 0 Å². The van der Waals surface area contributed by atoms with Crippen molar-refractivity contribution in [2.75, 3.05) is 67.1 Å². The van der Waals surface area contributed by atoms with Gasteiger partial charge in [0.1, 0.15) is 36.2 Å². The van der Waals surface area contributed by atoms with Gasteiger partial charge < -0.3 is 33.2 Å². The molecule has 0 unspecified atom stereocenters. The number of fused-ring (bicyclic) bond motifs is 2. The Bertz CT molecular complexity index is 2370. The predicted octanol–water partition coefficient (Wildman–Crippen LogP) is 5.36. The fourth-order valence-electron chi connectivity index (χ4n) is 7.27. The number of halogens is 6. The minimum absolute atomic E-state index is 0.0436. The molecule has 6 rings (SSSR count). The van der Waals surface area contributed by atoms with Crippen LogP contribution in [0.2, 0.25) is 0 Å². The highest BCUT2D eigenvalue weighted by Gasteiger charge is 2.48. The van der Waals surface area contributed by atoms with Crippen LogP contribution in [0.3, 0.4) is 0 Å². The van der Waals surface area contributed by atoms with Crippen molar-refractivity contribution in [2.24, 2.45) is 0 Å². The Hall–Kier alpha value is -5.62. The molecular formula is C42H42F6N2O13S2. The molecule has 23 heteroatoms. The number of ether oxygens (including phenoxy) is 7. The Morgan fingerprint density at radius 1 is 0.492 bits per heavy atom. The predicted molar refractivity (Wildman–Crippen MR) is 218 cm³/mol. The molecule has 0 radical (unpaired) electrons. The SMILES string of the molecule is COc1c2cccc1Cc1cc(C(=O)NS(=O)(=O)C(F)(F)F)cc3c1OCCOCCOCCOCCOc1c(cc(C(=O)NS(=O)(=O)C(F)(F)F)cc1Cc1cccc(c1OC)C3)C2. The molecule has 0 spiro atoms. The number of para-hydroxylation sites is 2. The molecule has 2 N–H and O–H groups in total. The highest BCUT2D eigenvalue weighted by molar-refractivity contribution is 7.91. The molecule has 1 heterocycles. The average Bonchev–Trinajstić information content (AvgIpc) is 3.22. The molecule has 0 atom stereocenters. The summed E-state index contributed by atoms with van der Waals surface area (Å²) >= 11 is 0. The number of alkyl halides is 6. The van der Waals surface area contributed by atoms with Crippen LogP contribution in [0.4, 0.5) is 26.3 Å². The number of nitrogens with one attached hydrogen (secondary N) is 2. The normalized spacial score (nSPS) is 15.7. The maximum absolute atomic E-state index is 13.5. The van der Waals surface area contributed by atoms with Gasteiger partial charge in [-0.25, -0.2) is 9.44 Å². The van der Waals surface area contributed by atoms with Gasteiger partial charge in [-0.1, -0.05) is 36.4 Å². The maximum atomic E-state index is 13.5. The summed E-state index contributed by atoms with van der Waals surface area (Å²) in [4.78, 5) is 26.9. The molecule has 352 valence electrons. The lowest BCUT2D eigenvalue weighted by atomic mass is 9.89. The van der Waals surface area contributed by atoms with E-state index in [0.717, 1.165) is 9.44 Å². The highest BCUT2D eigenvalue weighted by atomic mass is 32.2. The topological polar surface area (TPSA) is 191 Å². The first kappa shape index (κ1) is 48.8. The molecule has 1 aliphatic heterocycles. The molecule has 2 amide bonds. The second-order valence-corrected chi connectivity index (χ2v) is 17.8. The minimum atomic E-state index is -6.14. The first-order valence-electron chi connectivity index (χ1n) is 19.6. The molecule has 2 aliphatic rings. The van der Waals surface area contributed by atoms with Crippen molar-refractivity contribution in [3.8, 4) is 23.0 Å². The van der Waals surface area contributed by atoms with Gasteiger partial charge in [0.25, 0.3) is 11.8 Å². The summed E-state index contributed by atoms with van der Waals surface area (Å²) in [7, 11) is -9.59. The molecule has 0 saturated carbocycles. The van der Waals surface area contributed by atoms with Gasteiger partial charge in [0, 0.05) is 36.8 Å². The van der Waals surface area contributed by atoms with E-state index < -0.39 is 54.0 Å². The monoisotopic (exact) mass is 960 g/mol. The summed E-state index contributed by atoms with van der Waals surface area (Å²) in [5.41, 5.74) is -10.1. The molecule has 4 aromatic carbocycles. The lowest BCUT2D eigenvalue weighted by molar-refractivity contribution is -0.0451. The van der Waals surface area contributed by atoms with Crippen molar-refractivity contribution in [2.45, 2.75) is 36.7 Å². The van der Waals surface area contributed by atoms with Gasteiger partial charge in [-0.2, -0.15) is 43.2 Å². The van der Waals surface area contributed by atoms with Crippen molar-refractivity contribution in [3.63, 3.8) is 0 Å². The Labute approximate surface area is 369 Å². The molecule has 0 aromatic heterocycles. The number of amides is 2. The first-order chi connectivity index (χ1) is 30.7. The Kier molecular flexibility index (Phi) is 15.2. The van der Waals surface area contributed by atoms with E-state index in [1.165, 1.54) is 38.5 Å². The zero-order valence-electron chi connectivity index (χ0n) is 34.7. The Morgan fingerprint density at radius 3 is 1.03 bits per heavy atom. The summed E-state index contributed by atoms with van der Waals surface area (Å²) in [5, 5.41) is 0. The molecule has 10 bridgehead atoms. The molecule has 15 nitrogen and oxygen atoms in total. The molecule has 1 aliphatic carbocycles. The number of rotatable bonds is 6. The molecule has 4 aromatic rings. The number of benzene rings is 4. The van der Waals surface area contributed by atoms with Crippen molar-refractivity contribution in [1.29, 1.82) is 0 Å². The van der Waals surface area contributed by atoms with Crippen LogP contribution in [-0.2, 0) is 59.9 Å². The van der Waals surface area contributed by atoms with Gasteiger partial charge >= 0.3 is 31.1 Å². The van der Waals surface area contributed by atoms with Gasteiger partial charge in [-0.15, -0.1) is 0 Å². The largest absolute Gasteiger partial charge is 0.516 e. The maximum Gasteiger partial charge on any atom is 0.516 e. The second-order valence-electron chi connectivity index (χ2n) is 14.5. The van der Waals surface area contributed by atoms with Gasteiger partial charge in [-0.05, 0) is 68.8 Å². The van der Waals surface area contributed by atoms with E-state index in [-0.39, 0.29) is 124 Å². The van der Waals surface area contributed by atoms with Crippen LogP contribution >= 0.6 is 0 Å². The first-order valence-corrected chi connectivity index (χ1v) is 22.6. The van der Waals surface area contributed by atoms with Crippen molar-refractivity contribution in [3.05, 3.63) is 116 Å². The van der Waals surface area contributed by atoms with Gasteiger partial charge in [-0.3, -0.25) is 9.59 Å². The minimum Gasteiger partial charge on any atom is -0.496 e. The van der Waals surface area contributed by atoms with Crippen LogP contribution in [-0.4, -0.2) is 107 Å². The van der Waals surface area contributed by atoms with E-state index in [4.69, 9.17) is 33.2 Å². The Balaban J connectivity index is 1.63. The number of methoxy groups -OCH3 is 2. The third-order valence-electron chi connectivity index (χ3n) is 10.1. The van der Waals surface area contributed by atoms with E-state index in [2.05, 4.69) is 0 Å². The van der Waals surface area contributed by atoms with Gasteiger partial charge in [0.2, 0.25) is 0 Å². The molecule has 65 heavy (non-hydrogen) atoms. The molecule has 0 fully saturated rings. The lowest BCUT2D eigenvalue weighted by Crippen LogP contribution is -2.40. The third-order valence-corrected chi connectivity index (χ3v) is 12.2. The van der Waals surface area contributed by atoms with Crippen molar-refractivity contribution in [1.82, 2.24) is 9.44 Å². The van der Waals surface area contributed by atoms with Gasteiger partial charge in [0.15, 0.2) is 0 Å². The van der Waals surface area contributed by atoms with Crippen LogP contribution < -0.4 is 28.4 Å². The fraction of sp³-hybridized carbons (Fsp3) is 0.381. The third kappa shape index (κ3) is 11.6. The lowest BCUT2D eigenvalue weighted by Gasteiger charge is -2.23. The smallest absolute Gasteiger partial charge is 0.496 e. The van der Waals surface area contributed by atoms with Crippen molar-refractivity contribution >= 4 is 31.9 Å². The standard InChI is InChI=1S/C42H42F6N2O13S2/c1-57-35-25-5-3-6-26(35)18-30-22-34(40(52)50-65(55,56)42(46,47)48)24-32-20-28-8-4-7-27(36(28)58-2)19-31-23-33(39(51)49-64(53,54)41(43,44)45)21-29(17-25)37(31)62-15-13-60-11-9-59-10-12-61-14-16-63-38(30)32/h3-8,21-24H,9-20H2,1-2H3,(H,49,51)(H,50,52). The number of sulfonamides is 2. The van der Waals surface area contributed by atoms with Crippen LogP contribution in [0.25, 0.3) is 0 Å². The second kappa shape index (κ2) is 20.3. The number of carbonyl (C=O) groups excluding carboxylic acids is 2. The Morgan fingerprint density at radius 2 is 0.769 bits per heavy atom. The van der Waals surface area contributed by atoms with Crippen LogP contribution in [0.5, 0.6) is 23.0 Å². The fourth-order valence-corrected chi connectivity index (χ4v) is 8.23. The van der Waals surface area contributed by atoms with Crippen LogP contribution in [0.1, 0.15) is 65.2 Å². The van der Waals surface area contributed by atoms with Gasteiger partial charge in [0.05, 0.1) is 53.9 Å². The van der Waals surface area contributed by atoms with Crippen LogP contribution in [0, 0.1) is 0 Å². The number of hydrogen-bond acceptors (Lipinski definition) is 13. The van der Waals surface area contributed by atoms with Crippen LogP contribution in [0.15, 0.2) is 60.7 Å². The number of hydrogen-bond donors (Lipinski definition) is 2.